The monoisotopic (exact) mass is 328 g/mol. The van der Waals surface area contributed by atoms with Crippen molar-refractivity contribution >= 4 is 17.5 Å². The fourth-order valence-electron chi connectivity index (χ4n) is 3.46. The molecule has 2 aromatic rings. The van der Waals surface area contributed by atoms with E-state index in [0.29, 0.717) is 17.8 Å². The maximum atomic E-state index is 13.4. The fourth-order valence-corrected chi connectivity index (χ4v) is 3.46. The highest BCUT2D eigenvalue weighted by Gasteiger charge is 2.32. The number of carbonyl (C=O) groups is 2. The van der Waals surface area contributed by atoms with Crippen molar-refractivity contribution in [1.82, 2.24) is 14.9 Å². The number of imidazole rings is 1. The fraction of sp³-hybridized carbons (Fsp3) is 0.353. The van der Waals surface area contributed by atoms with Gasteiger partial charge in [-0.1, -0.05) is 6.07 Å². The Kier molecular flexibility index (Phi) is 3.55. The zero-order valence-corrected chi connectivity index (χ0v) is 13.0. The number of halogens is 1. The standard InChI is InChI=1S/C17H17FN4O2/c18-10-1-3-12-13(8-16(23)21-14(12)7-10)17(24)20-11-2-4-15-19-5-6-22(15)9-11/h1,3,5-7,11,13H,2,4,8-9H2,(H,20,24)(H,21,23)/t11-,13+/m1/s1. The summed E-state index contributed by atoms with van der Waals surface area (Å²) in [5.41, 5.74) is 1.04. The predicted molar refractivity (Wildman–Crippen MR) is 84.9 cm³/mol. The molecule has 2 atom stereocenters. The number of nitrogens with zero attached hydrogens (tertiary/aromatic N) is 2. The third-order valence-electron chi connectivity index (χ3n) is 4.65. The van der Waals surface area contributed by atoms with Crippen molar-refractivity contribution in [3.63, 3.8) is 0 Å². The van der Waals surface area contributed by atoms with E-state index < -0.39 is 11.7 Å². The van der Waals surface area contributed by atoms with Crippen LogP contribution in [0.25, 0.3) is 0 Å². The molecule has 3 heterocycles. The minimum atomic E-state index is -0.585. The van der Waals surface area contributed by atoms with Gasteiger partial charge < -0.3 is 15.2 Å². The molecular formula is C17H17FN4O2. The number of carbonyl (C=O) groups excluding carboxylic acids is 2. The molecule has 2 aliphatic rings. The van der Waals surface area contributed by atoms with Crippen LogP contribution in [-0.4, -0.2) is 27.4 Å². The van der Waals surface area contributed by atoms with Crippen LogP contribution in [0.5, 0.6) is 0 Å². The van der Waals surface area contributed by atoms with E-state index in [0.717, 1.165) is 18.7 Å². The summed E-state index contributed by atoms with van der Waals surface area (Å²) in [6, 6.07) is 4.15. The van der Waals surface area contributed by atoms with Gasteiger partial charge in [0.05, 0.1) is 5.92 Å². The van der Waals surface area contributed by atoms with E-state index in [1.807, 2.05) is 10.8 Å². The lowest BCUT2D eigenvalue weighted by atomic mass is 9.89. The molecule has 0 unspecified atom stereocenters. The molecule has 2 amide bonds. The number of hydrogen-bond donors (Lipinski definition) is 2. The van der Waals surface area contributed by atoms with Crippen molar-refractivity contribution < 1.29 is 14.0 Å². The lowest BCUT2D eigenvalue weighted by molar-refractivity contribution is -0.127. The van der Waals surface area contributed by atoms with Crippen LogP contribution in [0.3, 0.4) is 0 Å². The maximum absolute atomic E-state index is 13.4. The molecule has 1 aromatic carbocycles. The summed E-state index contributed by atoms with van der Waals surface area (Å²) >= 11 is 0. The maximum Gasteiger partial charge on any atom is 0.228 e. The molecule has 124 valence electrons. The Morgan fingerprint density at radius 1 is 1.42 bits per heavy atom. The molecule has 1 aromatic heterocycles. The summed E-state index contributed by atoms with van der Waals surface area (Å²) in [4.78, 5) is 28.8. The molecule has 0 aliphatic carbocycles. The first-order chi connectivity index (χ1) is 11.6. The van der Waals surface area contributed by atoms with E-state index in [4.69, 9.17) is 0 Å². The van der Waals surface area contributed by atoms with Crippen LogP contribution in [0, 0.1) is 5.82 Å². The third-order valence-corrected chi connectivity index (χ3v) is 4.65. The summed E-state index contributed by atoms with van der Waals surface area (Å²) in [5, 5.41) is 5.66. The van der Waals surface area contributed by atoms with Crippen molar-refractivity contribution in [2.75, 3.05) is 5.32 Å². The van der Waals surface area contributed by atoms with Crippen molar-refractivity contribution in [2.45, 2.75) is 37.8 Å². The molecule has 4 rings (SSSR count). The quantitative estimate of drug-likeness (QED) is 0.879. The van der Waals surface area contributed by atoms with Crippen molar-refractivity contribution in [3.8, 4) is 0 Å². The Bertz CT molecular complexity index is 817. The Morgan fingerprint density at radius 3 is 3.17 bits per heavy atom. The van der Waals surface area contributed by atoms with Crippen molar-refractivity contribution in [3.05, 3.63) is 47.8 Å². The van der Waals surface area contributed by atoms with Gasteiger partial charge in [-0.3, -0.25) is 9.59 Å². The van der Waals surface area contributed by atoms with Gasteiger partial charge in [-0.2, -0.15) is 0 Å². The van der Waals surface area contributed by atoms with Crippen molar-refractivity contribution in [2.24, 2.45) is 0 Å². The number of anilines is 1. The molecule has 2 aliphatic heterocycles. The number of rotatable bonds is 2. The highest BCUT2D eigenvalue weighted by molar-refractivity contribution is 6.01. The molecule has 6 nitrogen and oxygen atoms in total. The molecule has 24 heavy (non-hydrogen) atoms. The lowest BCUT2D eigenvalue weighted by Crippen LogP contribution is -2.44. The predicted octanol–water partition coefficient (Wildman–Crippen LogP) is 1.58. The van der Waals surface area contributed by atoms with Gasteiger partial charge in [0.25, 0.3) is 0 Å². The van der Waals surface area contributed by atoms with Crippen LogP contribution in [0.1, 0.15) is 30.1 Å². The minimum Gasteiger partial charge on any atom is -0.351 e. The average molecular weight is 328 g/mol. The highest BCUT2D eigenvalue weighted by atomic mass is 19.1. The van der Waals surface area contributed by atoms with Crippen LogP contribution in [0.15, 0.2) is 30.6 Å². The second-order valence-corrected chi connectivity index (χ2v) is 6.28. The highest BCUT2D eigenvalue weighted by Crippen LogP contribution is 2.33. The average Bonchev–Trinajstić information content (AvgIpc) is 3.01. The molecule has 0 fully saturated rings. The van der Waals surface area contributed by atoms with E-state index in [-0.39, 0.29) is 24.3 Å². The number of nitrogens with one attached hydrogen (secondary N) is 2. The van der Waals surface area contributed by atoms with Gasteiger partial charge in [0.2, 0.25) is 11.8 Å². The smallest absolute Gasteiger partial charge is 0.228 e. The first kappa shape index (κ1) is 14.9. The third kappa shape index (κ3) is 2.66. The molecule has 0 saturated carbocycles. The number of fused-ring (bicyclic) bond motifs is 2. The zero-order chi connectivity index (χ0) is 16.7. The van der Waals surface area contributed by atoms with E-state index in [1.165, 1.54) is 12.1 Å². The van der Waals surface area contributed by atoms with Gasteiger partial charge in [-0.15, -0.1) is 0 Å². The first-order valence-electron chi connectivity index (χ1n) is 8.00. The molecule has 0 saturated heterocycles. The van der Waals surface area contributed by atoms with Gasteiger partial charge in [-0.25, -0.2) is 9.37 Å². The Labute approximate surface area is 138 Å². The number of hydrogen-bond acceptors (Lipinski definition) is 3. The van der Waals surface area contributed by atoms with Gasteiger partial charge in [0, 0.05) is 43.5 Å². The van der Waals surface area contributed by atoms with Crippen LogP contribution in [0.2, 0.25) is 0 Å². The molecule has 2 N–H and O–H groups in total. The second-order valence-electron chi connectivity index (χ2n) is 6.28. The van der Waals surface area contributed by atoms with Gasteiger partial charge >= 0.3 is 0 Å². The summed E-state index contributed by atoms with van der Waals surface area (Å²) < 4.78 is 15.4. The van der Waals surface area contributed by atoms with E-state index in [1.54, 1.807) is 12.3 Å². The topological polar surface area (TPSA) is 76.0 Å². The Balaban J connectivity index is 1.52. The number of amides is 2. The van der Waals surface area contributed by atoms with Gasteiger partial charge in [0.1, 0.15) is 11.6 Å². The van der Waals surface area contributed by atoms with Crippen LogP contribution < -0.4 is 10.6 Å². The van der Waals surface area contributed by atoms with Gasteiger partial charge in [0.15, 0.2) is 0 Å². The van der Waals surface area contributed by atoms with Crippen LogP contribution in [0.4, 0.5) is 10.1 Å². The van der Waals surface area contributed by atoms with E-state index >= 15 is 0 Å². The SMILES string of the molecule is O=C1C[C@H](C(=O)N[C@@H]2CCc3nccn3C2)c2ccc(F)cc2N1. The number of benzene rings is 1. The normalized spacial score (nSPS) is 22.3. The summed E-state index contributed by atoms with van der Waals surface area (Å²) in [7, 11) is 0. The molecular weight excluding hydrogens is 311 g/mol. The number of aryl methyl sites for hydroxylation is 1. The van der Waals surface area contributed by atoms with Crippen LogP contribution >= 0.6 is 0 Å². The zero-order valence-electron chi connectivity index (χ0n) is 13.0. The first-order valence-corrected chi connectivity index (χ1v) is 8.00. The molecule has 0 radical (unpaired) electrons. The number of aromatic nitrogens is 2. The van der Waals surface area contributed by atoms with Gasteiger partial charge in [-0.05, 0) is 24.1 Å². The van der Waals surface area contributed by atoms with E-state index in [2.05, 4.69) is 15.6 Å². The Hall–Kier alpha value is -2.70. The Morgan fingerprint density at radius 2 is 2.29 bits per heavy atom. The molecule has 0 spiro atoms. The van der Waals surface area contributed by atoms with E-state index in [9.17, 15) is 14.0 Å². The summed E-state index contributed by atoms with van der Waals surface area (Å²) in [6.07, 6.45) is 5.37. The molecule has 7 heteroatoms. The second kappa shape index (κ2) is 5.74. The summed E-state index contributed by atoms with van der Waals surface area (Å²) in [6.45, 7) is 0.677. The minimum absolute atomic E-state index is 0.00749. The van der Waals surface area contributed by atoms with Crippen molar-refractivity contribution in [1.29, 1.82) is 0 Å². The largest absolute Gasteiger partial charge is 0.351 e. The lowest BCUT2D eigenvalue weighted by Gasteiger charge is -2.29. The molecule has 0 bridgehead atoms. The van der Waals surface area contributed by atoms with Crippen LogP contribution in [-0.2, 0) is 22.6 Å². The summed E-state index contributed by atoms with van der Waals surface area (Å²) in [5.74, 6) is -0.452.